The zero-order valence-electron chi connectivity index (χ0n) is 7.92. The fourth-order valence-electron chi connectivity index (χ4n) is 1.20. The molecule has 0 aromatic carbocycles. The Labute approximate surface area is 73.3 Å². The summed E-state index contributed by atoms with van der Waals surface area (Å²) in [7, 11) is 3.65. The first-order chi connectivity index (χ1) is 5.61. The first kappa shape index (κ1) is 9.48. The standard InChI is InChI=1S/C8H17N3O/c1-6(7-4-9-5-7)8(12)10-11(2)3/h6-7,9H,4-5H2,1-3H3,(H,10,12). The maximum atomic E-state index is 11.4. The normalized spacial score (nSPS) is 20.3. The second-order valence-electron chi connectivity index (χ2n) is 3.58. The maximum Gasteiger partial charge on any atom is 0.237 e. The van der Waals surface area contributed by atoms with Gasteiger partial charge in [0.2, 0.25) is 5.91 Å². The summed E-state index contributed by atoms with van der Waals surface area (Å²) < 4.78 is 0. The van der Waals surface area contributed by atoms with Gasteiger partial charge in [0, 0.05) is 20.0 Å². The zero-order valence-corrected chi connectivity index (χ0v) is 7.92. The average Bonchev–Trinajstić information content (AvgIpc) is 1.81. The summed E-state index contributed by atoms with van der Waals surface area (Å²) in [5.74, 6) is 0.755. The number of hydrogen-bond donors (Lipinski definition) is 2. The Hall–Kier alpha value is -0.610. The fraction of sp³-hybridized carbons (Fsp3) is 0.875. The molecule has 0 aromatic rings. The van der Waals surface area contributed by atoms with E-state index in [0.717, 1.165) is 13.1 Å². The highest BCUT2D eigenvalue weighted by Gasteiger charge is 2.28. The van der Waals surface area contributed by atoms with Crippen LogP contribution in [0.5, 0.6) is 0 Å². The van der Waals surface area contributed by atoms with E-state index in [9.17, 15) is 4.79 Å². The van der Waals surface area contributed by atoms with Crippen molar-refractivity contribution < 1.29 is 4.79 Å². The van der Waals surface area contributed by atoms with E-state index >= 15 is 0 Å². The molecular formula is C8H17N3O. The maximum absolute atomic E-state index is 11.4. The summed E-state index contributed by atoms with van der Waals surface area (Å²) in [5.41, 5.74) is 2.76. The molecule has 0 aromatic heterocycles. The number of carbonyl (C=O) groups excluding carboxylic acids is 1. The first-order valence-corrected chi connectivity index (χ1v) is 4.30. The molecule has 2 N–H and O–H groups in total. The van der Waals surface area contributed by atoms with E-state index < -0.39 is 0 Å². The van der Waals surface area contributed by atoms with Crippen LogP contribution in [0.15, 0.2) is 0 Å². The van der Waals surface area contributed by atoms with Gasteiger partial charge in [0.05, 0.1) is 0 Å². The highest BCUT2D eigenvalue weighted by molar-refractivity contribution is 5.78. The van der Waals surface area contributed by atoms with Gasteiger partial charge >= 0.3 is 0 Å². The number of amides is 1. The molecule has 1 atom stereocenters. The minimum absolute atomic E-state index is 0.117. The first-order valence-electron chi connectivity index (χ1n) is 4.30. The lowest BCUT2D eigenvalue weighted by molar-refractivity contribution is -0.130. The molecule has 1 rings (SSSR count). The van der Waals surface area contributed by atoms with Crippen molar-refractivity contribution in [2.24, 2.45) is 11.8 Å². The Bertz CT molecular complexity index is 166. The van der Waals surface area contributed by atoms with Crippen LogP contribution in [0.3, 0.4) is 0 Å². The Kier molecular flexibility index (Phi) is 3.05. The molecule has 0 spiro atoms. The van der Waals surface area contributed by atoms with Gasteiger partial charge in [-0.1, -0.05) is 6.92 Å². The molecule has 4 nitrogen and oxygen atoms in total. The van der Waals surface area contributed by atoms with E-state index in [1.807, 2.05) is 21.0 Å². The molecule has 0 saturated carbocycles. The van der Waals surface area contributed by atoms with Gasteiger partial charge in [-0.15, -0.1) is 0 Å². The molecule has 0 radical (unpaired) electrons. The molecule has 1 aliphatic heterocycles. The van der Waals surface area contributed by atoms with Crippen LogP contribution in [0.2, 0.25) is 0 Å². The van der Waals surface area contributed by atoms with Gasteiger partial charge in [-0.2, -0.15) is 0 Å². The SMILES string of the molecule is CC(C(=O)NN(C)C)C1CNC1. The minimum atomic E-state index is 0.117. The van der Waals surface area contributed by atoms with Crippen LogP contribution in [0.25, 0.3) is 0 Å². The molecule has 0 aliphatic carbocycles. The Morgan fingerprint density at radius 1 is 1.58 bits per heavy atom. The van der Waals surface area contributed by atoms with Gasteiger partial charge in [0.15, 0.2) is 0 Å². The smallest absolute Gasteiger partial charge is 0.237 e. The summed E-state index contributed by atoms with van der Waals surface area (Å²) >= 11 is 0. The lowest BCUT2D eigenvalue weighted by atomic mass is 9.88. The van der Waals surface area contributed by atoms with Crippen LogP contribution in [-0.4, -0.2) is 38.1 Å². The number of carbonyl (C=O) groups is 1. The van der Waals surface area contributed by atoms with E-state index in [-0.39, 0.29) is 11.8 Å². The largest absolute Gasteiger partial charge is 0.316 e. The highest BCUT2D eigenvalue weighted by atomic mass is 16.2. The molecule has 1 unspecified atom stereocenters. The quantitative estimate of drug-likeness (QED) is 0.559. The molecule has 4 heteroatoms. The van der Waals surface area contributed by atoms with Crippen LogP contribution in [0.4, 0.5) is 0 Å². The fourth-order valence-corrected chi connectivity index (χ4v) is 1.20. The van der Waals surface area contributed by atoms with Crippen LogP contribution in [-0.2, 0) is 4.79 Å². The summed E-state index contributed by atoms with van der Waals surface area (Å²) in [5, 5.41) is 4.84. The van der Waals surface area contributed by atoms with Gasteiger partial charge in [-0.05, 0) is 19.0 Å². The van der Waals surface area contributed by atoms with E-state index in [4.69, 9.17) is 0 Å². The summed E-state index contributed by atoms with van der Waals surface area (Å²) in [6, 6.07) is 0. The monoisotopic (exact) mass is 171 g/mol. The van der Waals surface area contributed by atoms with Gasteiger partial charge in [0.1, 0.15) is 0 Å². The van der Waals surface area contributed by atoms with Crippen LogP contribution < -0.4 is 10.7 Å². The molecule has 0 bridgehead atoms. The number of hydrazine groups is 1. The van der Waals surface area contributed by atoms with Crippen molar-refractivity contribution >= 4 is 5.91 Å². The molecule has 12 heavy (non-hydrogen) atoms. The summed E-state index contributed by atoms with van der Waals surface area (Å²) in [6.07, 6.45) is 0. The van der Waals surface area contributed by atoms with Gasteiger partial charge < -0.3 is 5.32 Å². The van der Waals surface area contributed by atoms with Gasteiger partial charge in [-0.3, -0.25) is 10.2 Å². The lowest BCUT2D eigenvalue weighted by Gasteiger charge is -2.32. The highest BCUT2D eigenvalue weighted by Crippen LogP contribution is 2.15. The lowest BCUT2D eigenvalue weighted by Crippen LogP contribution is -2.51. The molecule has 1 saturated heterocycles. The Morgan fingerprint density at radius 2 is 2.17 bits per heavy atom. The van der Waals surface area contributed by atoms with E-state index in [0.29, 0.717) is 5.92 Å². The van der Waals surface area contributed by atoms with E-state index in [1.165, 1.54) is 0 Å². The Balaban J connectivity index is 2.30. The van der Waals surface area contributed by atoms with Crippen LogP contribution in [0, 0.1) is 11.8 Å². The van der Waals surface area contributed by atoms with Crippen LogP contribution >= 0.6 is 0 Å². The van der Waals surface area contributed by atoms with Crippen molar-refractivity contribution in [1.29, 1.82) is 0 Å². The van der Waals surface area contributed by atoms with Crippen molar-refractivity contribution in [3.8, 4) is 0 Å². The number of hydrogen-bond acceptors (Lipinski definition) is 3. The molecular weight excluding hydrogens is 154 g/mol. The summed E-state index contributed by atoms with van der Waals surface area (Å²) in [4.78, 5) is 11.4. The zero-order chi connectivity index (χ0) is 9.14. The number of rotatable bonds is 3. The number of nitrogens with zero attached hydrogens (tertiary/aromatic N) is 1. The van der Waals surface area contributed by atoms with Crippen molar-refractivity contribution in [2.75, 3.05) is 27.2 Å². The topological polar surface area (TPSA) is 44.4 Å². The number of nitrogens with one attached hydrogen (secondary N) is 2. The van der Waals surface area contributed by atoms with E-state index in [1.54, 1.807) is 5.01 Å². The van der Waals surface area contributed by atoms with Crippen molar-refractivity contribution in [2.45, 2.75) is 6.92 Å². The van der Waals surface area contributed by atoms with Crippen molar-refractivity contribution in [3.63, 3.8) is 0 Å². The molecule has 70 valence electrons. The van der Waals surface area contributed by atoms with Gasteiger partial charge in [0.25, 0.3) is 0 Å². The predicted molar refractivity (Wildman–Crippen MR) is 47.4 cm³/mol. The third kappa shape index (κ3) is 2.19. The van der Waals surface area contributed by atoms with E-state index in [2.05, 4.69) is 10.7 Å². The minimum Gasteiger partial charge on any atom is -0.316 e. The average molecular weight is 171 g/mol. The van der Waals surface area contributed by atoms with Gasteiger partial charge in [-0.25, -0.2) is 5.01 Å². The second kappa shape index (κ2) is 3.87. The third-order valence-corrected chi connectivity index (χ3v) is 2.27. The molecule has 1 fully saturated rings. The predicted octanol–water partition coefficient (Wildman–Crippen LogP) is -0.565. The van der Waals surface area contributed by atoms with Crippen LogP contribution in [0.1, 0.15) is 6.92 Å². The third-order valence-electron chi connectivity index (χ3n) is 2.27. The molecule has 1 aliphatic rings. The second-order valence-corrected chi connectivity index (χ2v) is 3.58. The van der Waals surface area contributed by atoms with Crippen molar-refractivity contribution in [3.05, 3.63) is 0 Å². The Morgan fingerprint density at radius 3 is 2.50 bits per heavy atom. The molecule has 1 heterocycles. The van der Waals surface area contributed by atoms with Crippen molar-refractivity contribution in [1.82, 2.24) is 15.8 Å². The summed E-state index contributed by atoms with van der Waals surface area (Å²) in [6.45, 7) is 3.92. The molecule has 1 amide bonds.